The Morgan fingerprint density at radius 2 is 2.22 bits per heavy atom. The number of nitrogens with zero attached hydrogens (tertiary/aromatic N) is 1. The van der Waals surface area contributed by atoms with Crippen molar-refractivity contribution in [2.24, 2.45) is 0 Å². The maximum absolute atomic E-state index is 13.5. The van der Waals surface area contributed by atoms with Gasteiger partial charge in [0.1, 0.15) is 0 Å². The summed E-state index contributed by atoms with van der Waals surface area (Å²) in [5, 5.41) is 3.47. The number of rotatable bonds is 7. The lowest BCUT2D eigenvalue weighted by Gasteiger charge is -2.17. The van der Waals surface area contributed by atoms with E-state index in [1.165, 1.54) is 20.0 Å². The molecule has 0 atom stereocenters. The normalized spacial score (nSPS) is 15.1. The number of methoxy groups -OCH3 is 1. The fourth-order valence-electron chi connectivity index (χ4n) is 1.95. The minimum absolute atomic E-state index is 0.292. The maximum atomic E-state index is 13.5. The zero-order valence-corrected chi connectivity index (χ0v) is 11.1. The fraction of sp³-hybridized carbons (Fsp3) is 0.571. The number of benzene rings is 1. The first-order valence-corrected chi connectivity index (χ1v) is 6.43. The first kappa shape index (κ1) is 13.3. The minimum atomic E-state index is -0.292. The monoisotopic (exact) mass is 252 g/mol. The summed E-state index contributed by atoms with van der Waals surface area (Å²) < 4.78 is 18.4. The maximum Gasteiger partial charge on any atom is 0.165 e. The summed E-state index contributed by atoms with van der Waals surface area (Å²) in [6.45, 7) is 2.73. The van der Waals surface area contributed by atoms with E-state index >= 15 is 0 Å². The van der Waals surface area contributed by atoms with E-state index in [1.54, 1.807) is 12.1 Å². The van der Waals surface area contributed by atoms with Gasteiger partial charge in [0.2, 0.25) is 0 Å². The van der Waals surface area contributed by atoms with E-state index in [4.69, 9.17) is 4.74 Å². The third kappa shape index (κ3) is 3.96. The Balaban J connectivity index is 1.78. The van der Waals surface area contributed by atoms with Crippen LogP contribution in [0, 0.1) is 5.82 Å². The largest absolute Gasteiger partial charge is 0.494 e. The Kier molecular flexibility index (Phi) is 4.55. The number of hydrogen-bond donors (Lipinski definition) is 1. The zero-order chi connectivity index (χ0) is 13.0. The molecule has 1 saturated carbocycles. The van der Waals surface area contributed by atoms with Crippen LogP contribution in [-0.4, -0.2) is 38.2 Å². The average Bonchev–Trinajstić information content (AvgIpc) is 3.13. The van der Waals surface area contributed by atoms with Crippen LogP contribution in [0.5, 0.6) is 5.75 Å². The Hall–Kier alpha value is -1.13. The molecule has 4 heteroatoms. The molecule has 18 heavy (non-hydrogen) atoms. The third-order valence-electron chi connectivity index (χ3n) is 3.17. The molecule has 0 unspecified atom stereocenters. The molecule has 1 fully saturated rings. The fourth-order valence-corrected chi connectivity index (χ4v) is 1.95. The van der Waals surface area contributed by atoms with Crippen molar-refractivity contribution in [3.05, 3.63) is 29.6 Å². The third-order valence-corrected chi connectivity index (χ3v) is 3.17. The molecule has 0 bridgehead atoms. The molecule has 100 valence electrons. The average molecular weight is 252 g/mol. The van der Waals surface area contributed by atoms with Crippen LogP contribution in [0.4, 0.5) is 4.39 Å². The van der Waals surface area contributed by atoms with Crippen molar-refractivity contribution >= 4 is 0 Å². The summed E-state index contributed by atoms with van der Waals surface area (Å²) >= 11 is 0. The van der Waals surface area contributed by atoms with Crippen LogP contribution in [0.25, 0.3) is 0 Å². The number of likely N-dealkylation sites (N-methyl/N-ethyl adjacent to an activating group) is 1. The van der Waals surface area contributed by atoms with Gasteiger partial charge in [-0.2, -0.15) is 0 Å². The van der Waals surface area contributed by atoms with Crippen molar-refractivity contribution in [1.29, 1.82) is 0 Å². The molecule has 0 saturated heterocycles. The van der Waals surface area contributed by atoms with Crippen molar-refractivity contribution in [3.63, 3.8) is 0 Å². The van der Waals surface area contributed by atoms with Crippen LogP contribution in [0.2, 0.25) is 0 Å². The van der Waals surface area contributed by atoms with E-state index < -0.39 is 0 Å². The molecular weight excluding hydrogens is 231 g/mol. The Morgan fingerprint density at radius 1 is 1.44 bits per heavy atom. The van der Waals surface area contributed by atoms with Crippen LogP contribution in [-0.2, 0) is 6.54 Å². The van der Waals surface area contributed by atoms with Crippen molar-refractivity contribution in [3.8, 4) is 5.75 Å². The van der Waals surface area contributed by atoms with Gasteiger partial charge in [0.25, 0.3) is 0 Å². The van der Waals surface area contributed by atoms with E-state index in [9.17, 15) is 4.39 Å². The molecule has 0 amide bonds. The van der Waals surface area contributed by atoms with Gasteiger partial charge in [-0.15, -0.1) is 0 Å². The van der Waals surface area contributed by atoms with E-state index in [1.807, 2.05) is 6.07 Å². The smallest absolute Gasteiger partial charge is 0.165 e. The number of ether oxygens (including phenoxy) is 1. The number of hydrogen-bond acceptors (Lipinski definition) is 3. The Bertz CT molecular complexity index is 393. The lowest BCUT2D eigenvalue weighted by molar-refractivity contribution is 0.322. The van der Waals surface area contributed by atoms with Gasteiger partial charge in [0.15, 0.2) is 11.6 Å². The van der Waals surface area contributed by atoms with E-state index in [2.05, 4.69) is 17.3 Å². The standard InChI is InChI=1S/C14H21FN2O/c1-17(8-7-16-12-4-5-12)10-11-3-6-14(18-2)13(15)9-11/h3,6,9,12,16H,4-5,7-8,10H2,1-2H3. The molecule has 3 nitrogen and oxygen atoms in total. The summed E-state index contributed by atoms with van der Waals surface area (Å²) in [5.74, 6) is 0.0105. The lowest BCUT2D eigenvalue weighted by atomic mass is 10.2. The van der Waals surface area contributed by atoms with Crippen LogP contribution in [0.3, 0.4) is 0 Å². The quantitative estimate of drug-likeness (QED) is 0.803. The molecule has 1 aliphatic rings. The van der Waals surface area contributed by atoms with E-state index in [0.29, 0.717) is 5.75 Å². The highest BCUT2D eigenvalue weighted by molar-refractivity contribution is 5.29. The molecule has 0 heterocycles. The summed E-state index contributed by atoms with van der Waals surface area (Å²) in [6, 6.07) is 5.88. The van der Waals surface area contributed by atoms with Gasteiger partial charge in [-0.3, -0.25) is 0 Å². The van der Waals surface area contributed by atoms with Crippen molar-refractivity contribution in [1.82, 2.24) is 10.2 Å². The molecule has 1 aromatic rings. The highest BCUT2D eigenvalue weighted by Gasteiger charge is 2.19. The molecular formula is C14H21FN2O. The predicted molar refractivity (Wildman–Crippen MR) is 70.3 cm³/mol. The highest BCUT2D eigenvalue weighted by atomic mass is 19.1. The number of halogens is 1. The van der Waals surface area contributed by atoms with Gasteiger partial charge in [-0.05, 0) is 37.6 Å². The zero-order valence-electron chi connectivity index (χ0n) is 11.1. The summed E-state index contributed by atoms with van der Waals surface area (Å²) in [7, 11) is 3.53. The van der Waals surface area contributed by atoms with E-state index in [-0.39, 0.29) is 5.82 Å². The van der Waals surface area contributed by atoms with Crippen molar-refractivity contribution in [2.45, 2.75) is 25.4 Å². The molecule has 0 spiro atoms. The predicted octanol–water partition coefficient (Wildman–Crippen LogP) is 2.02. The molecule has 0 radical (unpaired) electrons. The molecule has 0 aliphatic heterocycles. The Morgan fingerprint density at radius 3 is 2.83 bits per heavy atom. The van der Waals surface area contributed by atoms with Crippen molar-refractivity contribution in [2.75, 3.05) is 27.2 Å². The SMILES string of the molecule is COc1ccc(CN(C)CCNC2CC2)cc1F. The summed E-state index contributed by atoms with van der Waals surface area (Å²) in [5.41, 5.74) is 0.974. The second kappa shape index (κ2) is 6.16. The van der Waals surface area contributed by atoms with Gasteiger partial charge in [0.05, 0.1) is 7.11 Å². The van der Waals surface area contributed by atoms with E-state index in [0.717, 1.165) is 31.2 Å². The van der Waals surface area contributed by atoms with Gasteiger partial charge >= 0.3 is 0 Å². The van der Waals surface area contributed by atoms with Crippen LogP contribution in [0.1, 0.15) is 18.4 Å². The highest BCUT2D eigenvalue weighted by Crippen LogP contribution is 2.19. The summed E-state index contributed by atoms with van der Waals surface area (Å²) in [6.07, 6.45) is 2.63. The first-order chi connectivity index (χ1) is 8.69. The topological polar surface area (TPSA) is 24.5 Å². The van der Waals surface area contributed by atoms with Crippen LogP contribution in [0.15, 0.2) is 18.2 Å². The second-order valence-corrected chi connectivity index (χ2v) is 4.94. The lowest BCUT2D eigenvalue weighted by Crippen LogP contribution is -2.30. The molecule has 0 aromatic heterocycles. The van der Waals surface area contributed by atoms with Gasteiger partial charge < -0.3 is 15.0 Å². The van der Waals surface area contributed by atoms with Crippen molar-refractivity contribution < 1.29 is 9.13 Å². The molecule has 2 rings (SSSR count). The van der Waals surface area contributed by atoms with Crippen LogP contribution >= 0.6 is 0 Å². The number of nitrogens with one attached hydrogen (secondary N) is 1. The molecule has 1 aliphatic carbocycles. The first-order valence-electron chi connectivity index (χ1n) is 6.43. The Labute approximate surface area is 108 Å². The van der Waals surface area contributed by atoms with Gasteiger partial charge in [-0.1, -0.05) is 6.07 Å². The molecule has 1 aromatic carbocycles. The van der Waals surface area contributed by atoms with Crippen LogP contribution < -0.4 is 10.1 Å². The summed E-state index contributed by atoms with van der Waals surface area (Å²) in [4.78, 5) is 2.19. The molecule has 1 N–H and O–H groups in total. The van der Waals surface area contributed by atoms with Gasteiger partial charge in [-0.25, -0.2) is 4.39 Å². The minimum Gasteiger partial charge on any atom is -0.494 e. The van der Waals surface area contributed by atoms with Gasteiger partial charge in [0, 0.05) is 25.7 Å². The second-order valence-electron chi connectivity index (χ2n) is 4.94.